The number of hydrogen-bond acceptors (Lipinski definition) is 3. The average molecular weight is 195 g/mol. The molecule has 0 spiro atoms. The SMILES string of the molecule is CC(COC(C)C)CS(N)(=O)=O. The van der Waals surface area contributed by atoms with Crippen LogP contribution in [0.2, 0.25) is 0 Å². The highest BCUT2D eigenvalue weighted by Crippen LogP contribution is 2.00. The zero-order chi connectivity index (χ0) is 9.78. The van der Waals surface area contributed by atoms with Crippen LogP contribution in [0.3, 0.4) is 0 Å². The smallest absolute Gasteiger partial charge is 0.209 e. The highest BCUT2D eigenvalue weighted by Gasteiger charge is 2.11. The first kappa shape index (κ1) is 11.9. The number of ether oxygens (including phenoxy) is 1. The van der Waals surface area contributed by atoms with Gasteiger partial charge in [0.05, 0.1) is 18.5 Å². The van der Waals surface area contributed by atoms with Gasteiger partial charge in [-0.2, -0.15) is 0 Å². The summed E-state index contributed by atoms with van der Waals surface area (Å²) in [7, 11) is -3.35. The van der Waals surface area contributed by atoms with E-state index < -0.39 is 10.0 Å². The quantitative estimate of drug-likeness (QED) is 0.687. The maximum atomic E-state index is 10.6. The van der Waals surface area contributed by atoms with Crippen molar-refractivity contribution in [3.8, 4) is 0 Å². The van der Waals surface area contributed by atoms with E-state index >= 15 is 0 Å². The molecule has 0 saturated heterocycles. The zero-order valence-electron chi connectivity index (χ0n) is 7.78. The highest BCUT2D eigenvalue weighted by atomic mass is 32.2. The first-order valence-electron chi connectivity index (χ1n) is 3.93. The van der Waals surface area contributed by atoms with Gasteiger partial charge in [-0.1, -0.05) is 6.92 Å². The molecule has 0 aromatic heterocycles. The summed E-state index contributed by atoms with van der Waals surface area (Å²) in [5, 5.41) is 4.86. The molecule has 0 amide bonds. The normalized spacial score (nSPS) is 15.1. The topological polar surface area (TPSA) is 69.4 Å². The van der Waals surface area contributed by atoms with Gasteiger partial charge in [-0.25, -0.2) is 13.6 Å². The van der Waals surface area contributed by atoms with Crippen LogP contribution in [-0.4, -0.2) is 26.9 Å². The first-order valence-corrected chi connectivity index (χ1v) is 5.65. The Morgan fingerprint density at radius 1 is 1.33 bits per heavy atom. The van der Waals surface area contributed by atoms with Gasteiger partial charge in [-0.15, -0.1) is 0 Å². The first-order chi connectivity index (χ1) is 5.31. The number of hydrogen-bond donors (Lipinski definition) is 1. The number of sulfonamides is 1. The van der Waals surface area contributed by atoms with Gasteiger partial charge in [-0.3, -0.25) is 0 Å². The van der Waals surface area contributed by atoms with Crippen LogP contribution in [0.4, 0.5) is 0 Å². The van der Waals surface area contributed by atoms with E-state index in [0.29, 0.717) is 6.61 Å². The molecule has 0 rings (SSSR count). The van der Waals surface area contributed by atoms with E-state index in [-0.39, 0.29) is 17.8 Å². The van der Waals surface area contributed by atoms with E-state index in [1.165, 1.54) is 0 Å². The number of rotatable bonds is 5. The van der Waals surface area contributed by atoms with E-state index in [2.05, 4.69) is 0 Å². The minimum Gasteiger partial charge on any atom is -0.378 e. The summed E-state index contributed by atoms with van der Waals surface area (Å²) in [6.07, 6.45) is 0.132. The lowest BCUT2D eigenvalue weighted by atomic mass is 10.2. The van der Waals surface area contributed by atoms with Crippen molar-refractivity contribution in [2.24, 2.45) is 11.1 Å². The molecule has 0 bridgehead atoms. The molecule has 0 aliphatic carbocycles. The van der Waals surface area contributed by atoms with E-state index in [4.69, 9.17) is 9.88 Å². The molecule has 0 radical (unpaired) electrons. The van der Waals surface area contributed by atoms with E-state index in [1.54, 1.807) is 6.92 Å². The molecule has 2 N–H and O–H groups in total. The van der Waals surface area contributed by atoms with Gasteiger partial charge < -0.3 is 4.74 Å². The lowest BCUT2D eigenvalue weighted by Crippen LogP contribution is -2.25. The summed E-state index contributed by atoms with van der Waals surface area (Å²) in [6, 6.07) is 0. The van der Waals surface area contributed by atoms with Crippen LogP contribution < -0.4 is 5.14 Å². The molecule has 0 fully saturated rings. The van der Waals surface area contributed by atoms with Crippen molar-refractivity contribution < 1.29 is 13.2 Å². The Morgan fingerprint density at radius 3 is 2.17 bits per heavy atom. The molecular formula is C7H17NO3S. The van der Waals surface area contributed by atoms with Gasteiger partial charge in [0, 0.05) is 0 Å². The Hall–Kier alpha value is -0.130. The van der Waals surface area contributed by atoms with Gasteiger partial charge in [0.1, 0.15) is 0 Å². The molecule has 5 heteroatoms. The maximum absolute atomic E-state index is 10.6. The average Bonchev–Trinajstić information content (AvgIpc) is 1.79. The molecule has 74 valence electrons. The summed E-state index contributed by atoms with van der Waals surface area (Å²) in [5.74, 6) is -0.0536. The fraction of sp³-hybridized carbons (Fsp3) is 1.00. The molecule has 1 atom stereocenters. The fourth-order valence-corrected chi connectivity index (χ4v) is 1.69. The van der Waals surface area contributed by atoms with Crippen LogP contribution in [0.5, 0.6) is 0 Å². The molecule has 0 heterocycles. The second-order valence-corrected chi connectivity index (χ2v) is 4.98. The summed E-state index contributed by atoms with van der Waals surface area (Å²) in [4.78, 5) is 0. The van der Waals surface area contributed by atoms with Crippen LogP contribution in [0, 0.1) is 5.92 Å². The third kappa shape index (κ3) is 7.97. The van der Waals surface area contributed by atoms with Gasteiger partial charge in [0.2, 0.25) is 10.0 Å². The molecule has 0 aliphatic heterocycles. The van der Waals surface area contributed by atoms with Crippen molar-refractivity contribution in [3.63, 3.8) is 0 Å². The maximum Gasteiger partial charge on any atom is 0.209 e. The third-order valence-corrected chi connectivity index (χ3v) is 2.26. The largest absolute Gasteiger partial charge is 0.378 e. The van der Waals surface area contributed by atoms with Crippen molar-refractivity contribution in [3.05, 3.63) is 0 Å². The highest BCUT2D eigenvalue weighted by molar-refractivity contribution is 7.89. The Morgan fingerprint density at radius 2 is 1.83 bits per heavy atom. The summed E-state index contributed by atoms with van der Waals surface area (Å²) >= 11 is 0. The summed E-state index contributed by atoms with van der Waals surface area (Å²) in [5.41, 5.74) is 0. The Bertz CT molecular complexity index is 211. The summed E-state index contributed by atoms with van der Waals surface area (Å²) < 4.78 is 26.4. The van der Waals surface area contributed by atoms with Crippen LogP contribution in [0.1, 0.15) is 20.8 Å². The van der Waals surface area contributed by atoms with Crippen molar-refractivity contribution in [1.29, 1.82) is 0 Å². The molecule has 0 aromatic carbocycles. The van der Waals surface area contributed by atoms with Crippen molar-refractivity contribution in [2.75, 3.05) is 12.4 Å². The molecule has 0 aliphatic rings. The fourth-order valence-electron chi connectivity index (χ4n) is 0.801. The van der Waals surface area contributed by atoms with Gasteiger partial charge >= 0.3 is 0 Å². The van der Waals surface area contributed by atoms with E-state index in [9.17, 15) is 8.42 Å². The van der Waals surface area contributed by atoms with E-state index in [1.807, 2.05) is 13.8 Å². The molecule has 4 nitrogen and oxygen atoms in total. The monoisotopic (exact) mass is 195 g/mol. The molecule has 12 heavy (non-hydrogen) atoms. The van der Waals surface area contributed by atoms with Gasteiger partial charge in [0.15, 0.2) is 0 Å². The van der Waals surface area contributed by atoms with Gasteiger partial charge in [-0.05, 0) is 19.8 Å². The number of nitrogens with two attached hydrogens (primary N) is 1. The lowest BCUT2D eigenvalue weighted by Gasteiger charge is -2.12. The van der Waals surface area contributed by atoms with Crippen LogP contribution in [-0.2, 0) is 14.8 Å². The minimum atomic E-state index is -3.35. The van der Waals surface area contributed by atoms with Crippen molar-refractivity contribution in [2.45, 2.75) is 26.9 Å². The third-order valence-electron chi connectivity index (χ3n) is 1.23. The van der Waals surface area contributed by atoms with Crippen LogP contribution in [0.25, 0.3) is 0 Å². The predicted molar refractivity (Wildman–Crippen MR) is 48.2 cm³/mol. The van der Waals surface area contributed by atoms with Crippen molar-refractivity contribution >= 4 is 10.0 Å². The summed E-state index contributed by atoms with van der Waals surface area (Å²) in [6.45, 7) is 6.05. The number of primary sulfonamides is 1. The lowest BCUT2D eigenvalue weighted by molar-refractivity contribution is 0.0599. The molecular weight excluding hydrogens is 178 g/mol. The minimum absolute atomic E-state index is 0.0142. The molecule has 0 saturated carbocycles. The van der Waals surface area contributed by atoms with Crippen LogP contribution >= 0.6 is 0 Å². The van der Waals surface area contributed by atoms with Gasteiger partial charge in [0.25, 0.3) is 0 Å². The Kier molecular flexibility index (Phi) is 4.74. The van der Waals surface area contributed by atoms with Crippen LogP contribution in [0.15, 0.2) is 0 Å². The Balaban J connectivity index is 3.68. The zero-order valence-corrected chi connectivity index (χ0v) is 8.60. The Labute approximate surface area is 74.1 Å². The predicted octanol–water partition coefficient (Wildman–Crippen LogP) is 0.336. The standard InChI is InChI=1S/C7H17NO3S/c1-6(2)11-4-7(3)5-12(8,9)10/h6-7H,4-5H2,1-3H3,(H2,8,9,10). The van der Waals surface area contributed by atoms with Crippen molar-refractivity contribution in [1.82, 2.24) is 0 Å². The van der Waals surface area contributed by atoms with E-state index in [0.717, 1.165) is 0 Å². The second kappa shape index (κ2) is 4.79. The molecule has 0 aromatic rings. The second-order valence-electron chi connectivity index (χ2n) is 3.32. The molecule has 1 unspecified atom stereocenters.